The fourth-order valence-electron chi connectivity index (χ4n) is 2.30. The lowest BCUT2D eigenvalue weighted by Gasteiger charge is -1.99. The van der Waals surface area contributed by atoms with Crippen molar-refractivity contribution in [2.45, 2.75) is 25.2 Å². The summed E-state index contributed by atoms with van der Waals surface area (Å²) < 4.78 is 2.12. The van der Waals surface area contributed by atoms with Gasteiger partial charge >= 0.3 is 0 Å². The quantitative estimate of drug-likeness (QED) is 0.742. The van der Waals surface area contributed by atoms with Crippen LogP contribution in [-0.2, 0) is 11.2 Å². The molecule has 0 saturated heterocycles. The molecular weight excluding hydrogens is 336 g/mol. The molecule has 0 unspecified atom stereocenters. The second kappa shape index (κ2) is 5.78. The molecule has 1 fully saturated rings. The molecule has 118 valence electrons. The van der Waals surface area contributed by atoms with Crippen molar-refractivity contribution >= 4 is 34.7 Å². The van der Waals surface area contributed by atoms with E-state index < -0.39 is 0 Å². The third-order valence-corrected chi connectivity index (χ3v) is 4.68. The van der Waals surface area contributed by atoms with E-state index in [9.17, 15) is 4.79 Å². The smallest absolute Gasteiger partial charge is 0.230 e. The van der Waals surface area contributed by atoms with E-state index in [0.717, 1.165) is 16.3 Å². The Morgan fingerprint density at radius 3 is 3.09 bits per heavy atom. The van der Waals surface area contributed by atoms with Crippen LogP contribution in [-0.4, -0.2) is 30.9 Å². The van der Waals surface area contributed by atoms with Gasteiger partial charge in [0.1, 0.15) is 5.00 Å². The highest BCUT2D eigenvalue weighted by molar-refractivity contribution is 7.18. The van der Waals surface area contributed by atoms with E-state index in [4.69, 9.17) is 11.6 Å². The van der Waals surface area contributed by atoms with Crippen LogP contribution in [0, 0.1) is 0 Å². The fourth-order valence-corrected chi connectivity index (χ4v) is 3.16. The number of hydrogen-bond donors (Lipinski definition) is 2. The Hall–Kier alpha value is -2.19. The number of anilines is 1. The van der Waals surface area contributed by atoms with E-state index in [1.54, 1.807) is 23.3 Å². The first kappa shape index (κ1) is 14.4. The summed E-state index contributed by atoms with van der Waals surface area (Å²) in [6.07, 6.45) is 7.72. The number of hydrogen-bond acceptors (Lipinski definition) is 5. The van der Waals surface area contributed by atoms with E-state index in [0.29, 0.717) is 16.2 Å². The maximum absolute atomic E-state index is 12.1. The third kappa shape index (κ3) is 3.27. The molecule has 0 aliphatic heterocycles. The van der Waals surface area contributed by atoms with Crippen LogP contribution < -0.4 is 5.32 Å². The maximum Gasteiger partial charge on any atom is 0.230 e. The van der Waals surface area contributed by atoms with Crippen LogP contribution >= 0.6 is 22.9 Å². The Kier molecular flexibility index (Phi) is 3.62. The molecule has 1 aliphatic rings. The molecular formula is C14H13ClN6OS. The van der Waals surface area contributed by atoms with Crippen LogP contribution in [0.25, 0.3) is 5.00 Å². The summed E-state index contributed by atoms with van der Waals surface area (Å²) in [5.41, 5.74) is 1.90. The lowest BCUT2D eigenvalue weighted by atomic mass is 10.2. The number of aromatic nitrogens is 5. The summed E-state index contributed by atoms with van der Waals surface area (Å²) in [7, 11) is 0. The van der Waals surface area contributed by atoms with Crippen LogP contribution in [0.2, 0.25) is 4.47 Å². The molecule has 0 bridgehead atoms. The van der Waals surface area contributed by atoms with Gasteiger partial charge in [0.15, 0.2) is 10.3 Å². The molecule has 3 aromatic heterocycles. The average Bonchev–Trinajstić information content (AvgIpc) is 2.91. The van der Waals surface area contributed by atoms with E-state index in [1.807, 2.05) is 6.07 Å². The molecule has 1 saturated carbocycles. The highest BCUT2D eigenvalue weighted by atomic mass is 35.5. The number of aromatic amines is 1. The molecule has 0 aromatic carbocycles. The zero-order chi connectivity index (χ0) is 15.8. The van der Waals surface area contributed by atoms with Gasteiger partial charge in [-0.2, -0.15) is 10.2 Å². The monoisotopic (exact) mass is 348 g/mol. The number of amides is 1. The molecule has 9 heteroatoms. The van der Waals surface area contributed by atoms with E-state index in [-0.39, 0.29) is 12.3 Å². The molecule has 23 heavy (non-hydrogen) atoms. The number of thiazole rings is 1. The van der Waals surface area contributed by atoms with Crippen molar-refractivity contribution in [3.63, 3.8) is 0 Å². The largest absolute Gasteiger partial charge is 0.309 e. The molecule has 0 spiro atoms. The lowest BCUT2D eigenvalue weighted by Crippen LogP contribution is -2.14. The van der Waals surface area contributed by atoms with Gasteiger partial charge in [-0.3, -0.25) is 9.89 Å². The Labute approximate surface area is 140 Å². The summed E-state index contributed by atoms with van der Waals surface area (Å²) in [5.74, 6) is 1.02. The molecule has 0 radical (unpaired) electrons. The molecule has 4 rings (SSSR count). The average molecular weight is 349 g/mol. The van der Waals surface area contributed by atoms with Crippen LogP contribution in [0.1, 0.15) is 30.0 Å². The number of rotatable bonds is 5. The van der Waals surface area contributed by atoms with Crippen molar-refractivity contribution in [2.75, 3.05) is 5.32 Å². The molecule has 1 aliphatic carbocycles. The minimum atomic E-state index is -0.124. The van der Waals surface area contributed by atoms with E-state index in [2.05, 4.69) is 25.6 Å². The fraction of sp³-hybridized carbons (Fsp3) is 0.286. The first-order valence-corrected chi connectivity index (χ1v) is 8.37. The Bertz CT molecular complexity index is 849. The zero-order valence-electron chi connectivity index (χ0n) is 12.0. The van der Waals surface area contributed by atoms with Crippen LogP contribution in [0.3, 0.4) is 0 Å². The second-order valence-electron chi connectivity index (χ2n) is 5.45. The summed E-state index contributed by atoms with van der Waals surface area (Å²) in [4.78, 5) is 16.1. The van der Waals surface area contributed by atoms with Gasteiger partial charge in [0.25, 0.3) is 0 Å². The van der Waals surface area contributed by atoms with Gasteiger partial charge in [-0.05, 0) is 18.4 Å². The second-order valence-corrected chi connectivity index (χ2v) is 7.04. The van der Waals surface area contributed by atoms with E-state index >= 15 is 0 Å². The zero-order valence-corrected chi connectivity index (χ0v) is 13.6. The normalized spacial score (nSPS) is 14.1. The number of carbonyl (C=O) groups excluding carboxylic acids is 1. The van der Waals surface area contributed by atoms with Gasteiger partial charge in [-0.1, -0.05) is 22.9 Å². The Morgan fingerprint density at radius 2 is 2.35 bits per heavy atom. The van der Waals surface area contributed by atoms with Gasteiger partial charge in [-0.25, -0.2) is 9.67 Å². The Morgan fingerprint density at radius 1 is 1.48 bits per heavy atom. The minimum absolute atomic E-state index is 0.124. The van der Waals surface area contributed by atoms with Crippen molar-refractivity contribution in [3.8, 4) is 5.00 Å². The number of H-pyrrole nitrogens is 1. The molecule has 3 heterocycles. The van der Waals surface area contributed by atoms with Crippen LogP contribution in [0.15, 0.2) is 24.7 Å². The standard InChI is InChI=1S/C14H13ClN6OS/c15-14-16-6-13(23-14)21-7-8(5-17-21)3-12(22)18-11-4-10(19-20-11)9-1-2-9/h4-7,9H,1-3H2,(H2,18,19,20,22). The summed E-state index contributed by atoms with van der Waals surface area (Å²) in [6, 6.07) is 1.90. The number of nitrogens with one attached hydrogen (secondary N) is 2. The van der Waals surface area contributed by atoms with Crippen molar-refractivity contribution < 1.29 is 4.79 Å². The minimum Gasteiger partial charge on any atom is -0.309 e. The topological polar surface area (TPSA) is 88.5 Å². The third-order valence-electron chi connectivity index (χ3n) is 3.57. The van der Waals surface area contributed by atoms with Crippen molar-refractivity contribution in [2.24, 2.45) is 0 Å². The first-order chi connectivity index (χ1) is 11.2. The van der Waals surface area contributed by atoms with Crippen LogP contribution in [0.4, 0.5) is 5.82 Å². The maximum atomic E-state index is 12.1. The predicted octanol–water partition coefficient (Wildman–Crippen LogP) is 2.76. The molecule has 0 atom stereocenters. The van der Waals surface area contributed by atoms with Gasteiger partial charge in [-0.15, -0.1) is 0 Å². The highest BCUT2D eigenvalue weighted by Gasteiger charge is 2.25. The molecule has 3 aromatic rings. The number of halogens is 1. The van der Waals surface area contributed by atoms with Crippen molar-refractivity contribution in [1.82, 2.24) is 25.0 Å². The van der Waals surface area contributed by atoms with Gasteiger partial charge < -0.3 is 5.32 Å². The SMILES string of the molecule is O=C(Cc1cnn(-c2cnc(Cl)s2)c1)Nc1cc(C2CC2)[nH]n1. The summed E-state index contributed by atoms with van der Waals surface area (Å²) >= 11 is 7.14. The molecule has 7 nitrogen and oxygen atoms in total. The van der Waals surface area contributed by atoms with Gasteiger partial charge in [0, 0.05) is 23.9 Å². The highest BCUT2D eigenvalue weighted by Crippen LogP contribution is 2.39. The molecule has 1 amide bonds. The van der Waals surface area contributed by atoms with Crippen molar-refractivity contribution in [3.05, 3.63) is 40.4 Å². The van der Waals surface area contributed by atoms with Crippen molar-refractivity contribution in [1.29, 1.82) is 0 Å². The van der Waals surface area contributed by atoms with Crippen LogP contribution in [0.5, 0.6) is 0 Å². The Balaban J connectivity index is 1.39. The van der Waals surface area contributed by atoms with E-state index in [1.165, 1.54) is 24.2 Å². The first-order valence-electron chi connectivity index (χ1n) is 7.18. The predicted molar refractivity (Wildman–Crippen MR) is 87.1 cm³/mol. The van der Waals surface area contributed by atoms with Gasteiger partial charge in [0.05, 0.1) is 18.8 Å². The summed E-state index contributed by atoms with van der Waals surface area (Å²) in [6.45, 7) is 0. The summed E-state index contributed by atoms with van der Waals surface area (Å²) in [5, 5.41) is 14.9. The van der Waals surface area contributed by atoms with Gasteiger partial charge in [0.2, 0.25) is 5.91 Å². The lowest BCUT2D eigenvalue weighted by molar-refractivity contribution is -0.115. The molecule has 2 N–H and O–H groups in total. The number of nitrogens with zero attached hydrogens (tertiary/aromatic N) is 4. The number of carbonyl (C=O) groups is 1.